The lowest BCUT2D eigenvalue weighted by molar-refractivity contribution is 0.194. The molecule has 25 heavy (non-hydrogen) atoms. The quantitative estimate of drug-likeness (QED) is 0.834. The maximum atomic E-state index is 12.3. The Balaban J connectivity index is 1.46. The number of anilines is 1. The van der Waals surface area contributed by atoms with Gasteiger partial charge in [0.15, 0.2) is 0 Å². The van der Waals surface area contributed by atoms with Crippen LogP contribution in [0.4, 0.5) is 10.5 Å². The standard InChI is InChI=1S/C20H25N3OS/c1-25-19-10-6-5-9-18(19)22-13-15-23(16-14-22)20(24)21-12-11-17-7-3-2-4-8-17/h2-10H,11-16H2,1H3,(H,21,24). The van der Waals surface area contributed by atoms with Gasteiger partial charge in [-0.3, -0.25) is 0 Å². The smallest absolute Gasteiger partial charge is 0.317 e. The van der Waals surface area contributed by atoms with Crippen molar-refractivity contribution >= 4 is 23.5 Å². The van der Waals surface area contributed by atoms with Gasteiger partial charge < -0.3 is 15.1 Å². The number of nitrogens with one attached hydrogen (secondary N) is 1. The van der Waals surface area contributed by atoms with Crippen molar-refractivity contribution in [2.45, 2.75) is 11.3 Å². The molecule has 2 aromatic rings. The minimum Gasteiger partial charge on any atom is -0.367 e. The van der Waals surface area contributed by atoms with Crippen molar-refractivity contribution in [2.24, 2.45) is 0 Å². The molecule has 3 rings (SSSR count). The molecule has 132 valence electrons. The van der Waals surface area contributed by atoms with Crippen molar-refractivity contribution < 1.29 is 4.79 Å². The van der Waals surface area contributed by atoms with Crippen molar-refractivity contribution in [1.29, 1.82) is 0 Å². The van der Waals surface area contributed by atoms with E-state index in [9.17, 15) is 4.79 Å². The van der Waals surface area contributed by atoms with Crippen LogP contribution in [-0.4, -0.2) is 49.9 Å². The van der Waals surface area contributed by atoms with Crippen LogP contribution in [0.1, 0.15) is 5.56 Å². The van der Waals surface area contributed by atoms with Crippen LogP contribution in [0, 0.1) is 0 Å². The van der Waals surface area contributed by atoms with Gasteiger partial charge in [-0.2, -0.15) is 0 Å². The van der Waals surface area contributed by atoms with Gasteiger partial charge in [-0.25, -0.2) is 4.79 Å². The van der Waals surface area contributed by atoms with Gasteiger partial charge in [0.2, 0.25) is 0 Å². The van der Waals surface area contributed by atoms with Crippen LogP contribution in [0.3, 0.4) is 0 Å². The van der Waals surface area contributed by atoms with E-state index < -0.39 is 0 Å². The summed E-state index contributed by atoms with van der Waals surface area (Å²) in [6, 6.07) is 18.8. The largest absolute Gasteiger partial charge is 0.367 e. The molecule has 0 radical (unpaired) electrons. The van der Waals surface area contributed by atoms with Gasteiger partial charge in [-0.1, -0.05) is 42.5 Å². The summed E-state index contributed by atoms with van der Waals surface area (Å²) in [5.74, 6) is 0. The first-order valence-corrected chi connectivity index (χ1v) is 9.95. The van der Waals surface area contributed by atoms with E-state index in [1.807, 2.05) is 23.1 Å². The molecule has 2 aromatic carbocycles. The maximum absolute atomic E-state index is 12.3. The van der Waals surface area contributed by atoms with E-state index in [0.29, 0.717) is 6.54 Å². The third-order valence-corrected chi connectivity index (χ3v) is 5.31. The lowest BCUT2D eigenvalue weighted by Gasteiger charge is -2.36. The Kier molecular flexibility index (Phi) is 6.23. The molecule has 0 spiro atoms. The molecule has 1 saturated heterocycles. The highest BCUT2D eigenvalue weighted by Gasteiger charge is 2.22. The number of thioether (sulfide) groups is 1. The number of carbonyl (C=O) groups excluding carboxylic acids is 1. The van der Waals surface area contributed by atoms with Gasteiger partial charge in [-0.15, -0.1) is 11.8 Å². The zero-order valence-corrected chi connectivity index (χ0v) is 15.5. The Bertz CT molecular complexity index is 684. The van der Waals surface area contributed by atoms with Crippen LogP contribution < -0.4 is 10.2 Å². The van der Waals surface area contributed by atoms with Gasteiger partial charge >= 0.3 is 6.03 Å². The summed E-state index contributed by atoms with van der Waals surface area (Å²) < 4.78 is 0. The van der Waals surface area contributed by atoms with Crippen LogP contribution in [0.2, 0.25) is 0 Å². The number of benzene rings is 2. The van der Waals surface area contributed by atoms with E-state index in [2.05, 4.69) is 52.9 Å². The summed E-state index contributed by atoms with van der Waals surface area (Å²) in [7, 11) is 0. The lowest BCUT2D eigenvalue weighted by Crippen LogP contribution is -2.52. The van der Waals surface area contributed by atoms with Gasteiger partial charge in [-0.05, 0) is 30.4 Å². The molecule has 5 heteroatoms. The highest BCUT2D eigenvalue weighted by molar-refractivity contribution is 7.98. The van der Waals surface area contributed by atoms with Gasteiger partial charge in [0.25, 0.3) is 0 Å². The summed E-state index contributed by atoms with van der Waals surface area (Å²) in [6.45, 7) is 3.96. The summed E-state index contributed by atoms with van der Waals surface area (Å²) >= 11 is 1.77. The van der Waals surface area contributed by atoms with Crippen LogP contribution in [0.5, 0.6) is 0 Å². The molecule has 0 atom stereocenters. The molecule has 0 aliphatic carbocycles. The average molecular weight is 356 g/mol. The fourth-order valence-corrected chi connectivity index (χ4v) is 3.73. The third-order valence-electron chi connectivity index (χ3n) is 4.53. The Hall–Kier alpha value is -2.14. The van der Waals surface area contributed by atoms with Crippen LogP contribution in [0.25, 0.3) is 0 Å². The molecule has 1 aliphatic heterocycles. The molecule has 1 aliphatic rings. The Morgan fingerprint density at radius 1 is 1.00 bits per heavy atom. The van der Waals surface area contributed by atoms with Gasteiger partial charge in [0.05, 0.1) is 5.69 Å². The number of hydrogen-bond donors (Lipinski definition) is 1. The fourth-order valence-electron chi connectivity index (χ4n) is 3.11. The molecule has 0 aromatic heterocycles. The first kappa shape index (κ1) is 17.7. The van der Waals surface area contributed by atoms with Gasteiger partial charge in [0, 0.05) is 37.6 Å². The number of rotatable bonds is 5. The monoisotopic (exact) mass is 355 g/mol. The Labute approximate surface area is 154 Å². The van der Waals surface area contributed by atoms with Crippen molar-refractivity contribution in [2.75, 3.05) is 43.9 Å². The average Bonchev–Trinajstić information content (AvgIpc) is 2.69. The normalized spacial score (nSPS) is 14.4. The molecule has 0 bridgehead atoms. The zero-order chi connectivity index (χ0) is 17.5. The number of para-hydroxylation sites is 1. The predicted molar refractivity (Wildman–Crippen MR) is 106 cm³/mol. The summed E-state index contributed by atoms with van der Waals surface area (Å²) in [4.78, 5) is 17.9. The van der Waals surface area contributed by atoms with Crippen LogP contribution in [-0.2, 0) is 6.42 Å². The highest BCUT2D eigenvalue weighted by Crippen LogP contribution is 2.28. The van der Waals surface area contributed by atoms with Crippen molar-refractivity contribution in [3.05, 3.63) is 60.2 Å². The molecule has 1 heterocycles. The van der Waals surface area contributed by atoms with E-state index in [-0.39, 0.29) is 6.03 Å². The molecular formula is C20H25N3OS. The first-order valence-electron chi connectivity index (χ1n) is 8.72. The number of nitrogens with zero attached hydrogens (tertiary/aromatic N) is 2. The molecule has 2 amide bonds. The van der Waals surface area contributed by atoms with Crippen molar-refractivity contribution in [3.63, 3.8) is 0 Å². The molecule has 0 unspecified atom stereocenters. The summed E-state index contributed by atoms with van der Waals surface area (Å²) in [6.07, 6.45) is 2.98. The zero-order valence-electron chi connectivity index (χ0n) is 14.6. The second kappa shape index (κ2) is 8.81. The number of hydrogen-bond acceptors (Lipinski definition) is 3. The minimum absolute atomic E-state index is 0.0498. The Morgan fingerprint density at radius 3 is 2.40 bits per heavy atom. The number of carbonyl (C=O) groups is 1. The predicted octanol–water partition coefficient (Wildman–Crippen LogP) is 3.48. The summed E-state index contributed by atoms with van der Waals surface area (Å²) in [5.41, 5.74) is 2.53. The molecule has 4 nitrogen and oxygen atoms in total. The molecule has 0 saturated carbocycles. The van der Waals surface area contributed by atoms with Gasteiger partial charge in [0.1, 0.15) is 0 Å². The topological polar surface area (TPSA) is 35.6 Å². The minimum atomic E-state index is 0.0498. The van der Waals surface area contributed by atoms with E-state index in [4.69, 9.17) is 0 Å². The third kappa shape index (κ3) is 4.69. The lowest BCUT2D eigenvalue weighted by atomic mass is 10.1. The second-order valence-corrected chi connectivity index (χ2v) is 6.96. The van der Waals surface area contributed by atoms with Crippen molar-refractivity contribution in [3.8, 4) is 0 Å². The van der Waals surface area contributed by atoms with Crippen LogP contribution in [0.15, 0.2) is 59.5 Å². The first-order chi connectivity index (χ1) is 12.3. The molecule has 1 fully saturated rings. The van der Waals surface area contributed by atoms with E-state index >= 15 is 0 Å². The molecular weight excluding hydrogens is 330 g/mol. The SMILES string of the molecule is CSc1ccccc1N1CCN(C(=O)NCCc2ccccc2)CC1. The second-order valence-electron chi connectivity index (χ2n) is 6.11. The highest BCUT2D eigenvalue weighted by atomic mass is 32.2. The van der Waals surface area contributed by atoms with E-state index in [1.165, 1.54) is 16.1 Å². The van der Waals surface area contributed by atoms with Crippen LogP contribution >= 0.6 is 11.8 Å². The Morgan fingerprint density at radius 2 is 1.68 bits per heavy atom. The number of urea groups is 1. The fraction of sp³-hybridized carbons (Fsp3) is 0.350. The number of amides is 2. The molecule has 1 N–H and O–H groups in total. The van der Waals surface area contributed by atoms with E-state index in [0.717, 1.165) is 32.6 Å². The maximum Gasteiger partial charge on any atom is 0.317 e. The van der Waals surface area contributed by atoms with E-state index in [1.54, 1.807) is 11.8 Å². The summed E-state index contributed by atoms with van der Waals surface area (Å²) in [5, 5.41) is 3.04. The van der Waals surface area contributed by atoms with Crippen molar-refractivity contribution in [1.82, 2.24) is 10.2 Å². The number of piperazine rings is 1.